The van der Waals surface area contributed by atoms with Crippen molar-refractivity contribution < 1.29 is 69.3 Å². The van der Waals surface area contributed by atoms with Crippen LogP contribution >= 0.6 is 0 Å². The van der Waals surface area contributed by atoms with Crippen LogP contribution < -0.4 is 10.2 Å². The maximum absolute atomic E-state index is 12.7. The average molecular weight is 580 g/mol. The van der Waals surface area contributed by atoms with E-state index in [9.17, 15) is 50.8 Å². The van der Waals surface area contributed by atoms with Crippen LogP contribution in [0.5, 0.6) is 23.0 Å². The number of phenolic OH excluding ortho intramolecular Hbond substituents is 3. The molecule has 0 spiro atoms. The monoisotopic (exact) mass is 580 g/mol. The van der Waals surface area contributed by atoms with Crippen LogP contribution in [0.25, 0.3) is 22.3 Å². The highest BCUT2D eigenvalue weighted by Crippen LogP contribution is 2.35. The first kappa shape index (κ1) is 29.0. The predicted molar refractivity (Wildman–Crippen MR) is 134 cm³/mol. The number of aliphatic hydroxyl groups excluding tert-OH is 5. The van der Waals surface area contributed by atoms with Crippen LogP contribution in [-0.4, -0.2) is 114 Å². The highest BCUT2D eigenvalue weighted by Gasteiger charge is 2.50. The van der Waals surface area contributed by atoms with Crippen LogP contribution in [0.3, 0.4) is 0 Å². The largest absolute Gasteiger partial charge is 0.507 e. The molecule has 0 saturated carbocycles. The van der Waals surface area contributed by atoms with Crippen LogP contribution in [0, 0.1) is 0 Å². The number of hydrogen-bond acceptors (Lipinski definition) is 15. The number of phenols is 3. The molecule has 3 aromatic rings. The zero-order valence-corrected chi connectivity index (χ0v) is 21.1. The van der Waals surface area contributed by atoms with E-state index in [-0.39, 0.29) is 33.8 Å². The predicted octanol–water partition coefficient (Wildman–Crippen LogP) is -1.78. The number of ether oxygens (including phenoxy) is 4. The molecule has 41 heavy (non-hydrogen) atoms. The minimum absolute atomic E-state index is 0.0107. The lowest BCUT2D eigenvalue weighted by molar-refractivity contribution is -0.289. The van der Waals surface area contributed by atoms with Gasteiger partial charge in [0.05, 0.1) is 19.8 Å². The fourth-order valence-corrected chi connectivity index (χ4v) is 4.54. The summed E-state index contributed by atoms with van der Waals surface area (Å²) in [5, 5.41) is 90.4. The highest BCUT2D eigenvalue weighted by atomic mass is 16.7. The van der Waals surface area contributed by atoms with E-state index in [0.29, 0.717) is 0 Å². The molecule has 1 aromatic heterocycles. The summed E-state index contributed by atoms with van der Waals surface area (Å²) < 4.78 is 27.4. The van der Waals surface area contributed by atoms with E-state index in [1.807, 2.05) is 0 Å². The molecule has 0 bridgehead atoms. The molecule has 0 unspecified atom stereocenters. The first-order valence-electron chi connectivity index (χ1n) is 12.4. The number of benzene rings is 2. The van der Waals surface area contributed by atoms with E-state index in [4.69, 9.17) is 23.4 Å². The van der Waals surface area contributed by atoms with Crippen molar-refractivity contribution in [1.29, 1.82) is 0 Å². The third-order valence-corrected chi connectivity index (χ3v) is 6.97. The molecule has 3 heterocycles. The van der Waals surface area contributed by atoms with Crippen LogP contribution in [0.4, 0.5) is 0 Å². The van der Waals surface area contributed by atoms with E-state index in [1.165, 1.54) is 24.3 Å². The lowest BCUT2D eigenvalue weighted by atomic mass is 9.99. The molecule has 2 saturated heterocycles. The molecule has 15 nitrogen and oxygen atoms in total. The van der Waals surface area contributed by atoms with Gasteiger partial charge in [0.15, 0.2) is 23.2 Å². The maximum atomic E-state index is 12.7. The Morgan fingerprint density at radius 1 is 0.902 bits per heavy atom. The summed E-state index contributed by atoms with van der Waals surface area (Å²) in [6.07, 6.45) is -11.2. The second kappa shape index (κ2) is 11.1. The summed E-state index contributed by atoms with van der Waals surface area (Å²) in [6, 6.07) is 7.08. The molecule has 2 aliphatic heterocycles. The number of aromatic hydroxyl groups is 3. The van der Waals surface area contributed by atoms with Gasteiger partial charge in [-0.2, -0.15) is 0 Å². The van der Waals surface area contributed by atoms with Crippen LogP contribution in [0.1, 0.15) is 0 Å². The quantitative estimate of drug-likeness (QED) is 0.140. The molecule has 2 aromatic carbocycles. The minimum atomic E-state index is -1.95. The molecule has 8 atom stereocenters. The van der Waals surface area contributed by atoms with Crippen molar-refractivity contribution in [3.05, 3.63) is 46.6 Å². The Balaban J connectivity index is 1.36. The van der Waals surface area contributed by atoms with Crippen LogP contribution in [0.15, 0.2) is 45.6 Å². The van der Waals surface area contributed by atoms with Crippen molar-refractivity contribution in [1.82, 2.24) is 0 Å². The Kier molecular flexibility index (Phi) is 7.82. The Hall–Kier alpha value is -3.51. The molecule has 0 aliphatic carbocycles. The normalized spacial score (nSPS) is 31.9. The Labute approximate surface area is 230 Å². The van der Waals surface area contributed by atoms with Gasteiger partial charge in [0.2, 0.25) is 6.29 Å². The van der Waals surface area contributed by atoms with Gasteiger partial charge >= 0.3 is 0 Å². The number of fused-ring (bicyclic) bond motifs is 1. The van der Waals surface area contributed by atoms with Gasteiger partial charge in [-0.1, -0.05) is 0 Å². The maximum Gasteiger partial charge on any atom is 0.229 e. The molecular weight excluding hydrogens is 552 g/mol. The SMILES string of the molecule is O=c1cc(-c2ccc(O)c(O)c2)oc2cc(O[C@@H]3O[C@H](CO[C@@H]4OC[C@@](O)(CO)[C@@H]4O)[C@@H](O)[C@H](O)[C@H]3O)cc(O)c12. The van der Waals surface area contributed by atoms with Crippen LogP contribution in [-0.2, 0) is 14.2 Å². The van der Waals surface area contributed by atoms with Crippen molar-refractivity contribution in [3.8, 4) is 34.3 Å². The standard InChI is InChI=1S/C26H28O15/c27-8-26(36)9-38-25(23(26)35)37-7-18-20(32)21(33)22(34)24(41-18)39-11-4-14(30)19-15(31)6-16(40-17(19)5-11)10-1-2-12(28)13(29)3-10/h1-6,18,20-25,27-30,32-36H,7-9H2/t18-,20-,21+,22-,23-,24-,25-,26+/m1/s1. The van der Waals surface area contributed by atoms with Crippen molar-refractivity contribution >= 4 is 11.0 Å². The van der Waals surface area contributed by atoms with Gasteiger partial charge in [-0.3, -0.25) is 4.79 Å². The fourth-order valence-electron chi connectivity index (χ4n) is 4.54. The minimum Gasteiger partial charge on any atom is -0.507 e. The zero-order chi connectivity index (χ0) is 29.6. The van der Waals surface area contributed by atoms with Gasteiger partial charge < -0.3 is 69.3 Å². The number of rotatable bonds is 7. The van der Waals surface area contributed by atoms with Crippen molar-refractivity contribution in [2.75, 3.05) is 19.8 Å². The second-order valence-electron chi connectivity index (χ2n) is 9.85. The fraction of sp³-hybridized carbons (Fsp3) is 0.423. The van der Waals surface area contributed by atoms with Gasteiger partial charge in [-0.25, -0.2) is 0 Å². The topological polar surface area (TPSA) is 249 Å². The van der Waals surface area contributed by atoms with E-state index in [2.05, 4.69) is 0 Å². The lowest BCUT2D eigenvalue weighted by Crippen LogP contribution is -2.60. The Bertz CT molecular complexity index is 1470. The molecule has 2 fully saturated rings. The molecule has 9 N–H and O–H groups in total. The summed E-state index contributed by atoms with van der Waals surface area (Å²) in [4.78, 5) is 12.7. The van der Waals surface area contributed by atoms with Gasteiger partial charge in [-0.05, 0) is 18.2 Å². The zero-order valence-electron chi connectivity index (χ0n) is 21.1. The molecule has 2 aliphatic rings. The summed E-state index contributed by atoms with van der Waals surface area (Å²) >= 11 is 0. The third kappa shape index (κ3) is 5.42. The van der Waals surface area contributed by atoms with Gasteiger partial charge in [0.1, 0.15) is 64.3 Å². The molecule has 5 rings (SSSR count). The van der Waals surface area contributed by atoms with Crippen molar-refractivity contribution in [2.45, 2.75) is 48.7 Å². The highest BCUT2D eigenvalue weighted by molar-refractivity contribution is 5.86. The Morgan fingerprint density at radius 3 is 2.34 bits per heavy atom. The first-order chi connectivity index (χ1) is 19.4. The van der Waals surface area contributed by atoms with Gasteiger partial charge in [0.25, 0.3) is 0 Å². The molecule has 222 valence electrons. The summed E-state index contributed by atoms with van der Waals surface area (Å²) in [5.74, 6) is -1.56. The van der Waals surface area contributed by atoms with E-state index in [1.54, 1.807) is 0 Å². The smallest absolute Gasteiger partial charge is 0.229 e. The first-order valence-corrected chi connectivity index (χ1v) is 12.4. The van der Waals surface area contributed by atoms with Crippen molar-refractivity contribution in [2.24, 2.45) is 0 Å². The summed E-state index contributed by atoms with van der Waals surface area (Å²) in [5.41, 5.74) is -2.49. The van der Waals surface area contributed by atoms with Crippen molar-refractivity contribution in [3.63, 3.8) is 0 Å². The van der Waals surface area contributed by atoms with Gasteiger partial charge in [0, 0.05) is 23.8 Å². The van der Waals surface area contributed by atoms with Gasteiger partial charge in [-0.15, -0.1) is 0 Å². The summed E-state index contributed by atoms with van der Waals surface area (Å²) in [6.45, 7) is -1.72. The third-order valence-electron chi connectivity index (χ3n) is 6.97. The van der Waals surface area contributed by atoms with E-state index in [0.717, 1.165) is 12.1 Å². The van der Waals surface area contributed by atoms with E-state index < -0.39 is 85.4 Å². The Morgan fingerprint density at radius 2 is 1.66 bits per heavy atom. The number of aliphatic hydroxyl groups is 6. The molecule has 15 heteroatoms. The van der Waals surface area contributed by atoms with E-state index >= 15 is 0 Å². The molecule has 0 radical (unpaired) electrons. The second-order valence-corrected chi connectivity index (χ2v) is 9.85. The molecule has 0 amide bonds. The number of hydrogen-bond donors (Lipinski definition) is 9. The van der Waals surface area contributed by atoms with Crippen LogP contribution in [0.2, 0.25) is 0 Å². The summed E-state index contributed by atoms with van der Waals surface area (Å²) in [7, 11) is 0. The lowest BCUT2D eigenvalue weighted by Gasteiger charge is -2.40. The molecular formula is C26H28O15. The average Bonchev–Trinajstić information content (AvgIpc) is 3.23.